The highest BCUT2D eigenvalue weighted by molar-refractivity contribution is 5.86. The van der Waals surface area contributed by atoms with Gasteiger partial charge in [0.05, 0.1) is 13.7 Å². The molecule has 0 spiro atoms. The smallest absolute Gasteiger partial charge is 0.328 e. The zero-order chi connectivity index (χ0) is 16.8. The highest BCUT2D eigenvalue weighted by Crippen LogP contribution is 2.24. The highest BCUT2D eigenvalue weighted by atomic mass is 16.5. The Bertz CT molecular complexity index is 559. The second kappa shape index (κ2) is 8.11. The SMILES string of the molecule is CCCCN(C)CC(=O)N1Cc2ccccc2CC1C(=O)OC. The highest BCUT2D eigenvalue weighted by Gasteiger charge is 2.35. The van der Waals surface area contributed by atoms with Crippen LogP contribution in [0.15, 0.2) is 24.3 Å². The van der Waals surface area contributed by atoms with Gasteiger partial charge in [-0.05, 0) is 31.1 Å². The molecular formula is C18H26N2O3. The Kier molecular flexibility index (Phi) is 6.16. The third-order valence-corrected chi connectivity index (χ3v) is 4.34. The predicted octanol–water partition coefficient (Wildman–Crippen LogP) is 1.84. The number of methoxy groups -OCH3 is 1. The lowest BCUT2D eigenvalue weighted by molar-refractivity contribution is -0.154. The number of hydrogen-bond donors (Lipinski definition) is 0. The lowest BCUT2D eigenvalue weighted by atomic mass is 9.94. The van der Waals surface area contributed by atoms with Gasteiger partial charge in [-0.15, -0.1) is 0 Å². The van der Waals surface area contributed by atoms with E-state index in [1.807, 2.05) is 36.2 Å². The van der Waals surface area contributed by atoms with Crippen LogP contribution in [-0.4, -0.2) is 55.0 Å². The Morgan fingerprint density at radius 2 is 2.00 bits per heavy atom. The third kappa shape index (κ3) is 4.32. The normalized spacial score (nSPS) is 17.0. The number of carbonyl (C=O) groups is 2. The first-order chi connectivity index (χ1) is 11.1. The minimum absolute atomic E-state index is 0.0199. The molecular weight excluding hydrogens is 292 g/mol. The molecule has 1 aliphatic heterocycles. The monoisotopic (exact) mass is 318 g/mol. The summed E-state index contributed by atoms with van der Waals surface area (Å²) in [5, 5.41) is 0. The van der Waals surface area contributed by atoms with E-state index in [1.165, 1.54) is 7.11 Å². The molecule has 1 aliphatic rings. The number of carbonyl (C=O) groups excluding carboxylic acids is 2. The number of fused-ring (bicyclic) bond motifs is 1. The zero-order valence-electron chi connectivity index (χ0n) is 14.2. The van der Waals surface area contributed by atoms with Gasteiger partial charge in [-0.2, -0.15) is 0 Å². The molecule has 0 aliphatic carbocycles. The zero-order valence-corrected chi connectivity index (χ0v) is 14.2. The summed E-state index contributed by atoms with van der Waals surface area (Å²) in [6.45, 7) is 3.81. The molecule has 0 fully saturated rings. The fourth-order valence-electron chi connectivity index (χ4n) is 2.96. The van der Waals surface area contributed by atoms with E-state index in [0.29, 0.717) is 19.5 Å². The number of amides is 1. The Balaban J connectivity index is 2.13. The van der Waals surface area contributed by atoms with E-state index in [9.17, 15) is 9.59 Å². The van der Waals surface area contributed by atoms with Crippen molar-refractivity contribution >= 4 is 11.9 Å². The lowest BCUT2D eigenvalue weighted by Crippen LogP contribution is -2.51. The Morgan fingerprint density at radius 1 is 1.30 bits per heavy atom. The molecule has 2 rings (SSSR count). The van der Waals surface area contributed by atoms with Crippen molar-refractivity contribution in [1.82, 2.24) is 9.80 Å². The van der Waals surface area contributed by atoms with Crippen molar-refractivity contribution < 1.29 is 14.3 Å². The summed E-state index contributed by atoms with van der Waals surface area (Å²) in [5.41, 5.74) is 2.23. The molecule has 0 radical (unpaired) electrons. The largest absolute Gasteiger partial charge is 0.467 e. The summed E-state index contributed by atoms with van der Waals surface area (Å²) in [5.74, 6) is -0.363. The fourth-order valence-corrected chi connectivity index (χ4v) is 2.96. The molecule has 0 aromatic heterocycles. The first-order valence-corrected chi connectivity index (χ1v) is 8.19. The van der Waals surface area contributed by atoms with E-state index in [4.69, 9.17) is 4.74 Å². The molecule has 23 heavy (non-hydrogen) atoms. The predicted molar refractivity (Wildman–Crippen MR) is 88.9 cm³/mol. The second-order valence-electron chi connectivity index (χ2n) is 6.12. The van der Waals surface area contributed by atoms with Crippen molar-refractivity contribution in [2.45, 2.75) is 38.8 Å². The lowest BCUT2D eigenvalue weighted by Gasteiger charge is -2.36. The summed E-state index contributed by atoms with van der Waals surface area (Å²) < 4.78 is 4.91. The van der Waals surface area contributed by atoms with Gasteiger partial charge in [-0.25, -0.2) is 4.79 Å². The van der Waals surface area contributed by atoms with Crippen LogP contribution in [-0.2, 0) is 27.3 Å². The topological polar surface area (TPSA) is 49.9 Å². The van der Waals surface area contributed by atoms with E-state index in [-0.39, 0.29) is 11.9 Å². The quantitative estimate of drug-likeness (QED) is 0.751. The third-order valence-electron chi connectivity index (χ3n) is 4.34. The minimum Gasteiger partial charge on any atom is -0.467 e. The van der Waals surface area contributed by atoms with Crippen LogP contribution in [0.5, 0.6) is 0 Å². The molecule has 1 atom stereocenters. The Labute approximate surface area is 138 Å². The van der Waals surface area contributed by atoms with Gasteiger partial charge in [0.2, 0.25) is 5.91 Å². The van der Waals surface area contributed by atoms with Crippen molar-refractivity contribution in [3.05, 3.63) is 35.4 Å². The van der Waals surface area contributed by atoms with Crippen LogP contribution in [0.25, 0.3) is 0 Å². The Hall–Kier alpha value is -1.88. The molecule has 1 heterocycles. The van der Waals surface area contributed by atoms with Crippen LogP contribution in [0.2, 0.25) is 0 Å². The molecule has 5 nitrogen and oxygen atoms in total. The molecule has 1 aromatic carbocycles. The van der Waals surface area contributed by atoms with E-state index in [0.717, 1.165) is 30.5 Å². The molecule has 0 saturated heterocycles. The van der Waals surface area contributed by atoms with E-state index < -0.39 is 6.04 Å². The van der Waals surface area contributed by atoms with Crippen molar-refractivity contribution in [3.63, 3.8) is 0 Å². The molecule has 1 unspecified atom stereocenters. The number of hydrogen-bond acceptors (Lipinski definition) is 4. The summed E-state index contributed by atoms with van der Waals surface area (Å²) in [7, 11) is 3.32. The van der Waals surface area contributed by atoms with Crippen molar-refractivity contribution in [1.29, 1.82) is 0 Å². The minimum atomic E-state index is -0.526. The van der Waals surface area contributed by atoms with Gasteiger partial charge in [0, 0.05) is 13.0 Å². The summed E-state index contributed by atoms with van der Waals surface area (Å²) in [6.07, 6.45) is 2.68. The van der Waals surface area contributed by atoms with Crippen molar-refractivity contribution in [2.24, 2.45) is 0 Å². The van der Waals surface area contributed by atoms with E-state index in [1.54, 1.807) is 4.90 Å². The van der Waals surface area contributed by atoms with Gasteiger partial charge >= 0.3 is 5.97 Å². The number of benzene rings is 1. The molecule has 0 N–H and O–H groups in total. The first kappa shape index (κ1) is 17.5. The van der Waals surface area contributed by atoms with Crippen LogP contribution >= 0.6 is 0 Å². The maximum absolute atomic E-state index is 12.7. The molecule has 5 heteroatoms. The Morgan fingerprint density at radius 3 is 2.65 bits per heavy atom. The molecule has 1 aromatic rings. The summed E-state index contributed by atoms with van der Waals surface area (Å²) >= 11 is 0. The summed E-state index contributed by atoms with van der Waals surface area (Å²) in [6, 6.07) is 7.43. The maximum atomic E-state index is 12.7. The van der Waals surface area contributed by atoms with Gasteiger partial charge in [0.1, 0.15) is 6.04 Å². The van der Waals surface area contributed by atoms with Gasteiger partial charge in [-0.3, -0.25) is 9.69 Å². The number of esters is 1. The van der Waals surface area contributed by atoms with Crippen LogP contribution in [0.4, 0.5) is 0 Å². The number of ether oxygens (including phenoxy) is 1. The average molecular weight is 318 g/mol. The number of likely N-dealkylation sites (N-methyl/N-ethyl adjacent to an activating group) is 1. The van der Waals surface area contributed by atoms with Crippen LogP contribution in [0, 0.1) is 0 Å². The molecule has 126 valence electrons. The first-order valence-electron chi connectivity index (χ1n) is 8.19. The maximum Gasteiger partial charge on any atom is 0.328 e. The average Bonchev–Trinajstić information content (AvgIpc) is 2.57. The van der Waals surface area contributed by atoms with Gasteiger partial charge in [0.25, 0.3) is 0 Å². The van der Waals surface area contributed by atoms with Crippen LogP contribution in [0.1, 0.15) is 30.9 Å². The van der Waals surface area contributed by atoms with Crippen LogP contribution < -0.4 is 0 Å². The number of unbranched alkanes of at least 4 members (excludes halogenated alkanes) is 1. The fraction of sp³-hybridized carbons (Fsp3) is 0.556. The number of rotatable bonds is 6. The summed E-state index contributed by atoms with van der Waals surface area (Å²) in [4.78, 5) is 28.5. The number of nitrogens with zero attached hydrogens (tertiary/aromatic N) is 2. The van der Waals surface area contributed by atoms with E-state index in [2.05, 4.69) is 6.92 Å². The second-order valence-corrected chi connectivity index (χ2v) is 6.12. The molecule has 0 saturated carbocycles. The van der Waals surface area contributed by atoms with Gasteiger partial charge in [0.15, 0.2) is 0 Å². The van der Waals surface area contributed by atoms with Gasteiger partial charge < -0.3 is 9.64 Å². The van der Waals surface area contributed by atoms with Crippen molar-refractivity contribution in [2.75, 3.05) is 27.2 Å². The van der Waals surface area contributed by atoms with Gasteiger partial charge in [-0.1, -0.05) is 37.6 Å². The molecule has 1 amide bonds. The van der Waals surface area contributed by atoms with Crippen LogP contribution in [0.3, 0.4) is 0 Å². The molecule has 0 bridgehead atoms. The van der Waals surface area contributed by atoms with Crippen molar-refractivity contribution in [3.8, 4) is 0 Å². The standard InChI is InChI=1S/C18H26N2O3/c1-4-5-10-19(2)13-17(21)20-12-15-9-7-6-8-14(15)11-16(20)18(22)23-3/h6-9,16H,4-5,10-13H2,1-3H3. The van der Waals surface area contributed by atoms with E-state index >= 15 is 0 Å².